The molecular weight excluding hydrogens is 416 g/mol. The Balaban J connectivity index is 1.85. The van der Waals surface area contributed by atoms with E-state index in [4.69, 9.17) is 15.5 Å². The smallest absolute Gasteiger partial charge is 0.208 e. The maximum Gasteiger partial charge on any atom is 0.208 e. The minimum atomic E-state index is -2.18. The molecule has 5 aliphatic rings. The Morgan fingerprint density at radius 1 is 1.26 bits per heavy atom. The summed E-state index contributed by atoms with van der Waals surface area (Å²) in [4.78, 5) is 19.2. The van der Waals surface area contributed by atoms with Gasteiger partial charge in [-0.15, -0.1) is 11.3 Å². The van der Waals surface area contributed by atoms with Crippen molar-refractivity contribution >= 4 is 22.3 Å². The lowest BCUT2D eigenvalue weighted by Crippen LogP contribution is -2.86. The summed E-state index contributed by atoms with van der Waals surface area (Å²) in [6.07, 6.45) is -0.662. The highest BCUT2D eigenvalue weighted by Crippen LogP contribution is 2.73. The molecule has 3 aliphatic carbocycles. The van der Waals surface area contributed by atoms with Crippen LogP contribution in [0.2, 0.25) is 0 Å². The zero-order valence-corrected chi connectivity index (χ0v) is 19.3. The van der Waals surface area contributed by atoms with Crippen LogP contribution in [0.1, 0.15) is 51.1 Å². The molecule has 2 bridgehead atoms. The lowest BCUT2D eigenvalue weighted by molar-refractivity contribution is -0.433. The van der Waals surface area contributed by atoms with Crippen molar-refractivity contribution in [3.8, 4) is 0 Å². The number of carbonyl (C=O) groups is 1. The number of hydrogen-bond acceptors (Lipinski definition) is 8. The third kappa shape index (κ3) is 2.18. The Hall–Kier alpha value is -1.32. The van der Waals surface area contributed by atoms with Crippen molar-refractivity contribution in [2.45, 2.75) is 70.4 Å². The first-order chi connectivity index (χ1) is 14.4. The van der Waals surface area contributed by atoms with Gasteiger partial charge in [0.15, 0.2) is 5.13 Å². The summed E-state index contributed by atoms with van der Waals surface area (Å²) >= 11 is 1.44. The van der Waals surface area contributed by atoms with E-state index in [2.05, 4.69) is 20.4 Å². The van der Waals surface area contributed by atoms with E-state index in [9.17, 15) is 20.1 Å². The number of hydrogen-bond donors (Lipinski definition) is 4. The van der Waals surface area contributed by atoms with Gasteiger partial charge in [0.2, 0.25) is 5.79 Å². The number of nitrogens with two attached hydrogens (primary N) is 1. The molecule has 170 valence electrons. The molecule has 6 rings (SSSR count). The number of aliphatic hydroxyl groups excluding tert-OH is 2. The SMILES string of the molecule is C=C(C)[C@@H]1CC[C@@H]2C(C(C)=O)([C@@H]1O)[C@@]1(O)OC[C@]23c2nc(N)sc2CC(C)(C)[C@H]3[C@@H]1O. The molecule has 8 atom stereocenters. The molecule has 5 N–H and O–H groups in total. The van der Waals surface area contributed by atoms with Crippen molar-refractivity contribution in [1.82, 2.24) is 4.98 Å². The highest BCUT2D eigenvalue weighted by atomic mass is 32.1. The van der Waals surface area contributed by atoms with Crippen molar-refractivity contribution in [1.29, 1.82) is 0 Å². The number of thiazole rings is 1. The topological polar surface area (TPSA) is 126 Å². The monoisotopic (exact) mass is 448 g/mol. The second-order valence-corrected chi connectivity index (χ2v) is 12.0. The van der Waals surface area contributed by atoms with Gasteiger partial charge < -0.3 is 25.8 Å². The van der Waals surface area contributed by atoms with Crippen molar-refractivity contribution in [3.05, 3.63) is 22.7 Å². The normalized spacial score (nSPS) is 47.3. The maximum absolute atomic E-state index is 13.4. The minimum absolute atomic E-state index is 0.134. The van der Waals surface area contributed by atoms with Crippen molar-refractivity contribution in [2.75, 3.05) is 12.3 Å². The Bertz CT molecular complexity index is 991. The Kier molecular flexibility index (Phi) is 4.28. The summed E-state index contributed by atoms with van der Waals surface area (Å²) in [7, 11) is 0. The second-order valence-electron chi connectivity index (χ2n) is 10.9. The fourth-order valence-electron chi connectivity index (χ4n) is 8.08. The number of ether oxygens (including phenoxy) is 1. The zero-order chi connectivity index (χ0) is 22.7. The Morgan fingerprint density at radius 3 is 2.55 bits per heavy atom. The fraction of sp³-hybridized carbons (Fsp3) is 0.739. The van der Waals surface area contributed by atoms with Crippen LogP contribution < -0.4 is 5.73 Å². The third-order valence-electron chi connectivity index (χ3n) is 9.01. The molecule has 7 nitrogen and oxygen atoms in total. The zero-order valence-electron chi connectivity index (χ0n) is 18.5. The molecule has 1 aromatic rings. The molecule has 3 heterocycles. The van der Waals surface area contributed by atoms with Crippen LogP contribution in [0.5, 0.6) is 0 Å². The number of anilines is 1. The first-order valence-corrected chi connectivity index (χ1v) is 11.8. The molecule has 0 aromatic carbocycles. The summed E-state index contributed by atoms with van der Waals surface area (Å²) in [6.45, 7) is 11.5. The van der Waals surface area contributed by atoms with Gasteiger partial charge in [0, 0.05) is 22.1 Å². The predicted molar refractivity (Wildman–Crippen MR) is 116 cm³/mol. The molecule has 2 aliphatic heterocycles. The molecule has 0 radical (unpaired) electrons. The van der Waals surface area contributed by atoms with Crippen LogP contribution >= 0.6 is 11.3 Å². The van der Waals surface area contributed by atoms with E-state index in [0.717, 1.165) is 16.1 Å². The van der Waals surface area contributed by atoms with Gasteiger partial charge in [-0.3, -0.25) is 4.79 Å². The summed E-state index contributed by atoms with van der Waals surface area (Å²) < 4.78 is 6.05. The van der Waals surface area contributed by atoms with E-state index >= 15 is 0 Å². The number of aromatic nitrogens is 1. The van der Waals surface area contributed by atoms with Crippen LogP contribution in [0.25, 0.3) is 0 Å². The highest BCUT2D eigenvalue weighted by Gasteiger charge is 2.84. The summed E-state index contributed by atoms with van der Waals surface area (Å²) in [5.41, 5.74) is 4.78. The summed E-state index contributed by atoms with van der Waals surface area (Å²) in [6, 6.07) is 0. The number of fused-ring (bicyclic) bond motifs is 2. The van der Waals surface area contributed by atoms with Crippen LogP contribution in [-0.4, -0.2) is 50.7 Å². The van der Waals surface area contributed by atoms with Gasteiger partial charge in [-0.25, -0.2) is 4.98 Å². The molecule has 2 saturated heterocycles. The van der Waals surface area contributed by atoms with Crippen LogP contribution in [0, 0.1) is 28.6 Å². The van der Waals surface area contributed by atoms with Gasteiger partial charge in [0.05, 0.1) is 18.4 Å². The van der Waals surface area contributed by atoms with Crippen LogP contribution in [0.15, 0.2) is 12.2 Å². The predicted octanol–water partition coefficient (Wildman–Crippen LogP) is 1.79. The number of aliphatic hydroxyl groups is 3. The quantitative estimate of drug-likeness (QED) is 0.508. The minimum Gasteiger partial charge on any atom is -0.391 e. The molecule has 1 spiro atoms. The van der Waals surface area contributed by atoms with Crippen LogP contribution in [0.3, 0.4) is 0 Å². The number of nitrogens with zero attached hydrogens (tertiary/aromatic N) is 1. The largest absolute Gasteiger partial charge is 0.391 e. The fourth-order valence-corrected chi connectivity index (χ4v) is 9.24. The standard InChI is InChI=1S/C23H32N2O5S/c1-10(2)12-6-7-14-21-9-30-23(29,22(14,11(3)26)17(12)27)18(28)15(21)20(4,5)8-13-16(21)25-19(24)31-13/h12,14-15,17-18,27-29H,1,6-9H2,2-5H3,(H2,24,25)/t12-,14-,15+,17+,18-,21-,22?,23-/m0/s1. The summed E-state index contributed by atoms with van der Waals surface area (Å²) in [5.74, 6) is -3.75. The molecule has 2 saturated carbocycles. The third-order valence-corrected chi connectivity index (χ3v) is 9.89. The first-order valence-electron chi connectivity index (χ1n) is 11.0. The molecule has 0 amide bonds. The maximum atomic E-state index is 13.4. The van der Waals surface area contributed by atoms with Gasteiger partial charge in [-0.2, -0.15) is 0 Å². The highest BCUT2D eigenvalue weighted by molar-refractivity contribution is 7.15. The van der Waals surface area contributed by atoms with E-state index < -0.39 is 34.7 Å². The number of Topliss-reactive ketones (excluding diaryl/α,β-unsaturated/α-hetero) is 1. The van der Waals surface area contributed by atoms with Gasteiger partial charge in [-0.05, 0) is 44.4 Å². The lowest BCUT2D eigenvalue weighted by Gasteiger charge is -2.74. The van der Waals surface area contributed by atoms with Gasteiger partial charge in [-0.1, -0.05) is 26.0 Å². The number of rotatable bonds is 2. The number of nitrogen functional groups attached to an aromatic ring is 1. The van der Waals surface area contributed by atoms with Gasteiger partial charge in [0.1, 0.15) is 17.3 Å². The van der Waals surface area contributed by atoms with Crippen LogP contribution in [0.4, 0.5) is 5.13 Å². The molecule has 1 aromatic heterocycles. The molecule has 8 heteroatoms. The van der Waals surface area contributed by atoms with E-state index in [-0.39, 0.29) is 29.6 Å². The molecule has 4 fully saturated rings. The van der Waals surface area contributed by atoms with E-state index in [1.165, 1.54) is 18.3 Å². The molecular formula is C23H32N2O5S. The first kappa shape index (κ1) is 21.5. The number of ketones is 1. The van der Waals surface area contributed by atoms with Gasteiger partial charge in [0.25, 0.3) is 0 Å². The molecule has 1 unspecified atom stereocenters. The number of carbonyl (C=O) groups excluding carboxylic acids is 1. The van der Waals surface area contributed by atoms with Crippen molar-refractivity contribution in [3.63, 3.8) is 0 Å². The van der Waals surface area contributed by atoms with Gasteiger partial charge >= 0.3 is 0 Å². The Labute approximate surface area is 186 Å². The van der Waals surface area contributed by atoms with Crippen molar-refractivity contribution in [2.24, 2.45) is 28.6 Å². The van der Waals surface area contributed by atoms with E-state index in [1.807, 2.05) is 6.92 Å². The second kappa shape index (κ2) is 6.17. The van der Waals surface area contributed by atoms with E-state index in [0.29, 0.717) is 24.4 Å². The van der Waals surface area contributed by atoms with E-state index in [1.54, 1.807) is 0 Å². The van der Waals surface area contributed by atoms with Crippen molar-refractivity contribution < 1.29 is 24.9 Å². The van der Waals surface area contributed by atoms with Crippen LogP contribution in [-0.2, 0) is 21.4 Å². The molecule has 31 heavy (non-hydrogen) atoms. The lowest BCUT2D eigenvalue weighted by atomic mass is 9.35. The summed E-state index contributed by atoms with van der Waals surface area (Å²) in [5, 5.41) is 35.8. The Morgan fingerprint density at radius 2 is 1.94 bits per heavy atom. The average molecular weight is 449 g/mol. The average Bonchev–Trinajstić information content (AvgIpc) is 3.02.